The molecule has 0 aliphatic rings. The fourth-order valence-electron chi connectivity index (χ4n) is 0.992. The average molecular weight is 187 g/mol. The Bertz CT molecular complexity index is 307. The molecule has 0 fully saturated rings. The van der Waals surface area contributed by atoms with Gasteiger partial charge in [0.05, 0.1) is 0 Å². The van der Waals surface area contributed by atoms with Gasteiger partial charge in [-0.3, -0.25) is 4.98 Å². The van der Waals surface area contributed by atoms with Crippen molar-refractivity contribution < 1.29 is 18.8 Å². The van der Waals surface area contributed by atoms with Gasteiger partial charge < -0.3 is 10.0 Å². The maximum Gasteiger partial charge on any atom is 0.490 e. The SMILES string of the molecule is Cc1cnc(C(F)F)c(B(O)O)c1. The molecule has 0 unspecified atom stereocenters. The zero-order valence-corrected chi connectivity index (χ0v) is 6.91. The molecular weight excluding hydrogens is 179 g/mol. The Morgan fingerprint density at radius 3 is 2.54 bits per heavy atom. The van der Waals surface area contributed by atoms with Crippen molar-refractivity contribution in [1.29, 1.82) is 0 Å². The number of nitrogens with zero attached hydrogens (tertiary/aromatic N) is 1. The van der Waals surface area contributed by atoms with Crippen LogP contribution in [0.3, 0.4) is 0 Å². The van der Waals surface area contributed by atoms with E-state index in [1.165, 1.54) is 12.3 Å². The molecule has 0 aliphatic carbocycles. The number of hydrogen-bond donors (Lipinski definition) is 2. The molecule has 1 aromatic heterocycles. The molecule has 0 saturated heterocycles. The maximum atomic E-state index is 12.2. The highest BCUT2D eigenvalue weighted by molar-refractivity contribution is 6.59. The minimum absolute atomic E-state index is 0.241. The van der Waals surface area contributed by atoms with Crippen LogP contribution in [0, 0.1) is 6.92 Å². The van der Waals surface area contributed by atoms with E-state index in [1.54, 1.807) is 6.92 Å². The van der Waals surface area contributed by atoms with E-state index in [2.05, 4.69) is 4.98 Å². The molecule has 6 heteroatoms. The van der Waals surface area contributed by atoms with E-state index in [0.717, 1.165) is 0 Å². The van der Waals surface area contributed by atoms with Crippen LogP contribution >= 0.6 is 0 Å². The standard InChI is InChI=1S/C7H8BF2NO2/c1-4-2-5(8(12)13)6(7(9)10)11-3-4/h2-3,7,12-13H,1H3. The summed E-state index contributed by atoms with van der Waals surface area (Å²) >= 11 is 0. The average Bonchev–Trinajstić information content (AvgIpc) is 2.03. The van der Waals surface area contributed by atoms with Crippen LogP contribution in [0.5, 0.6) is 0 Å². The van der Waals surface area contributed by atoms with Crippen molar-refractivity contribution >= 4 is 12.6 Å². The summed E-state index contributed by atoms with van der Waals surface area (Å²) in [5, 5.41) is 17.5. The van der Waals surface area contributed by atoms with E-state index in [9.17, 15) is 8.78 Å². The first-order valence-corrected chi connectivity index (χ1v) is 3.63. The molecule has 0 bridgehead atoms. The zero-order valence-electron chi connectivity index (χ0n) is 6.91. The topological polar surface area (TPSA) is 53.4 Å². The predicted octanol–water partition coefficient (Wildman–Crippen LogP) is 0.00742. The number of aryl methyl sites for hydroxylation is 1. The zero-order chi connectivity index (χ0) is 10.0. The van der Waals surface area contributed by atoms with E-state index < -0.39 is 19.2 Å². The lowest BCUT2D eigenvalue weighted by Crippen LogP contribution is -2.34. The van der Waals surface area contributed by atoms with Gasteiger partial charge in [-0.15, -0.1) is 0 Å². The van der Waals surface area contributed by atoms with Gasteiger partial charge >= 0.3 is 7.12 Å². The molecule has 0 atom stereocenters. The van der Waals surface area contributed by atoms with Gasteiger partial charge in [0, 0.05) is 11.7 Å². The highest BCUT2D eigenvalue weighted by Crippen LogP contribution is 2.14. The lowest BCUT2D eigenvalue weighted by Gasteiger charge is -2.07. The summed E-state index contributed by atoms with van der Waals surface area (Å²) in [6.07, 6.45) is -1.54. The first kappa shape index (κ1) is 10.1. The molecule has 1 aromatic rings. The fourth-order valence-corrected chi connectivity index (χ4v) is 0.992. The van der Waals surface area contributed by atoms with Gasteiger partial charge in [0.25, 0.3) is 6.43 Å². The lowest BCUT2D eigenvalue weighted by molar-refractivity contribution is 0.147. The van der Waals surface area contributed by atoms with Crippen molar-refractivity contribution in [2.45, 2.75) is 13.3 Å². The molecule has 2 N–H and O–H groups in total. The summed E-state index contributed by atoms with van der Waals surface area (Å²) in [6.45, 7) is 1.63. The first-order valence-electron chi connectivity index (χ1n) is 3.63. The number of pyridine rings is 1. The number of aromatic nitrogens is 1. The van der Waals surface area contributed by atoms with Crippen LogP contribution in [0.25, 0.3) is 0 Å². The number of hydrogen-bond acceptors (Lipinski definition) is 3. The molecule has 3 nitrogen and oxygen atoms in total. The number of rotatable bonds is 2. The van der Waals surface area contributed by atoms with Crippen LogP contribution in [0.15, 0.2) is 12.3 Å². The van der Waals surface area contributed by atoms with Gasteiger partial charge in [0.1, 0.15) is 5.69 Å². The van der Waals surface area contributed by atoms with Gasteiger partial charge in [0.2, 0.25) is 0 Å². The Labute approximate surface area is 74.2 Å². The van der Waals surface area contributed by atoms with Crippen LogP contribution in [-0.4, -0.2) is 22.2 Å². The summed E-state index contributed by atoms with van der Waals surface area (Å²) in [4.78, 5) is 3.43. The van der Waals surface area contributed by atoms with Gasteiger partial charge in [-0.1, -0.05) is 6.07 Å². The quantitative estimate of drug-likeness (QED) is 0.641. The fraction of sp³-hybridized carbons (Fsp3) is 0.286. The first-order chi connectivity index (χ1) is 6.02. The van der Waals surface area contributed by atoms with Crippen LogP contribution < -0.4 is 5.46 Å². The van der Waals surface area contributed by atoms with Crippen LogP contribution in [0.2, 0.25) is 0 Å². The normalized spacial score (nSPS) is 10.6. The number of alkyl halides is 2. The molecule has 0 saturated carbocycles. The summed E-state index contributed by atoms with van der Waals surface area (Å²) in [6, 6.07) is 1.28. The summed E-state index contributed by atoms with van der Waals surface area (Å²) in [5.41, 5.74) is -0.219. The second-order valence-corrected chi connectivity index (χ2v) is 2.66. The minimum Gasteiger partial charge on any atom is -0.423 e. The molecule has 0 radical (unpaired) electrons. The summed E-state index contributed by atoms with van der Waals surface area (Å²) < 4.78 is 24.5. The van der Waals surface area contributed by atoms with Crippen LogP contribution in [0.1, 0.15) is 17.7 Å². The highest BCUT2D eigenvalue weighted by Gasteiger charge is 2.22. The Morgan fingerprint density at radius 2 is 2.08 bits per heavy atom. The third kappa shape index (κ3) is 2.23. The molecule has 0 aromatic carbocycles. The van der Waals surface area contributed by atoms with E-state index in [4.69, 9.17) is 10.0 Å². The van der Waals surface area contributed by atoms with Crippen molar-refractivity contribution in [3.8, 4) is 0 Å². The van der Waals surface area contributed by atoms with Crippen molar-refractivity contribution in [2.24, 2.45) is 0 Å². The van der Waals surface area contributed by atoms with Crippen molar-refractivity contribution in [3.05, 3.63) is 23.5 Å². The number of halogens is 2. The second-order valence-electron chi connectivity index (χ2n) is 2.66. The highest BCUT2D eigenvalue weighted by atomic mass is 19.3. The lowest BCUT2D eigenvalue weighted by atomic mass is 9.78. The molecular formula is C7H8BF2NO2. The molecule has 0 aliphatic heterocycles. The minimum atomic E-state index is -2.79. The maximum absolute atomic E-state index is 12.2. The third-order valence-corrected chi connectivity index (χ3v) is 1.57. The van der Waals surface area contributed by atoms with Gasteiger partial charge in [-0.25, -0.2) is 8.78 Å². The van der Waals surface area contributed by atoms with Crippen LogP contribution in [-0.2, 0) is 0 Å². The molecule has 1 rings (SSSR count). The Kier molecular flexibility index (Phi) is 2.95. The summed E-state index contributed by atoms with van der Waals surface area (Å²) in [5.74, 6) is 0. The molecule has 0 spiro atoms. The van der Waals surface area contributed by atoms with Crippen molar-refractivity contribution in [3.63, 3.8) is 0 Å². The molecule has 1 heterocycles. The smallest absolute Gasteiger partial charge is 0.423 e. The molecule has 70 valence electrons. The Morgan fingerprint density at radius 1 is 1.46 bits per heavy atom. The molecule has 13 heavy (non-hydrogen) atoms. The third-order valence-electron chi connectivity index (χ3n) is 1.57. The summed E-state index contributed by atoms with van der Waals surface area (Å²) in [7, 11) is -1.91. The largest absolute Gasteiger partial charge is 0.490 e. The monoisotopic (exact) mass is 187 g/mol. The van der Waals surface area contributed by atoms with E-state index in [-0.39, 0.29) is 5.46 Å². The van der Waals surface area contributed by atoms with E-state index in [0.29, 0.717) is 5.56 Å². The Hall–Kier alpha value is -1.01. The van der Waals surface area contributed by atoms with Crippen molar-refractivity contribution in [1.82, 2.24) is 4.98 Å². The van der Waals surface area contributed by atoms with Crippen molar-refractivity contribution in [2.75, 3.05) is 0 Å². The van der Waals surface area contributed by atoms with Gasteiger partial charge in [-0.2, -0.15) is 0 Å². The van der Waals surface area contributed by atoms with E-state index in [1.807, 2.05) is 0 Å². The molecule has 0 amide bonds. The predicted molar refractivity (Wildman–Crippen MR) is 43.8 cm³/mol. The van der Waals surface area contributed by atoms with Crippen LogP contribution in [0.4, 0.5) is 8.78 Å². The van der Waals surface area contributed by atoms with Gasteiger partial charge in [0.15, 0.2) is 0 Å². The second kappa shape index (κ2) is 3.80. The Balaban J connectivity index is 3.19. The van der Waals surface area contributed by atoms with Gasteiger partial charge in [-0.05, 0) is 12.5 Å². The van der Waals surface area contributed by atoms with E-state index >= 15 is 0 Å².